The summed E-state index contributed by atoms with van der Waals surface area (Å²) in [5.41, 5.74) is 3.74. The molecule has 0 aliphatic rings. The molecule has 6 nitrogen and oxygen atoms in total. The number of nitrogens with one attached hydrogen (secondary N) is 1. The highest BCUT2D eigenvalue weighted by molar-refractivity contribution is 5.67. The molecule has 2 rings (SSSR count). The van der Waals surface area contributed by atoms with E-state index in [-0.39, 0.29) is 0 Å². The summed E-state index contributed by atoms with van der Waals surface area (Å²) in [6, 6.07) is 4.04. The van der Waals surface area contributed by atoms with Crippen molar-refractivity contribution in [2.45, 2.75) is 20.4 Å². The van der Waals surface area contributed by atoms with E-state index < -0.39 is 0 Å². The maximum absolute atomic E-state index is 9.22. The molecular formula is C14H17N5O. The molecule has 0 bridgehead atoms. The average molecular weight is 271 g/mol. The number of rotatable bonds is 5. The van der Waals surface area contributed by atoms with Crippen LogP contribution in [0.25, 0.3) is 0 Å². The van der Waals surface area contributed by atoms with E-state index in [0.29, 0.717) is 18.7 Å². The molecule has 0 saturated carbocycles. The largest absolute Gasteiger partial charge is 0.383 e. The molecule has 2 aromatic heterocycles. The summed E-state index contributed by atoms with van der Waals surface area (Å²) in [4.78, 5) is 4.29. The molecule has 20 heavy (non-hydrogen) atoms. The molecule has 0 aromatic carbocycles. The summed E-state index contributed by atoms with van der Waals surface area (Å²) in [7, 11) is 1.66. The van der Waals surface area contributed by atoms with Crippen LogP contribution in [0.1, 0.15) is 17.0 Å². The third kappa shape index (κ3) is 3.13. The SMILES string of the molecule is COCCn1cc(Nc2cc(C)nc(C)c2C#N)cn1. The van der Waals surface area contributed by atoms with Gasteiger partial charge in [-0.15, -0.1) is 0 Å². The summed E-state index contributed by atoms with van der Waals surface area (Å²) in [6.07, 6.45) is 3.60. The molecular weight excluding hydrogens is 254 g/mol. The second kappa shape index (κ2) is 6.17. The Morgan fingerprint density at radius 1 is 1.45 bits per heavy atom. The summed E-state index contributed by atoms with van der Waals surface area (Å²) >= 11 is 0. The van der Waals surface area contributed by atoms with E-state index in [1.165, 1.54) is 0 Å². The third-order valence-corrected chi connectivity index (χ3v) is 2.88. The first-order valence-electron chi connectivity index (χ1n) is 6.31. The Bertz CT molecular complexity index is 641. The van der Waals surface area contributed by atoms with Gasteiger partial charge in [-0.1, -0.05) is 0 Å². The maximum atomic E-state index is 9.22. The van der Waals surface area contributed by atoms with Crippen LogP contribution in [-0.4, -0.2) is 28.5 Å². The fourth-order valence-electron chi connectivity index (χ4n) is 1.96. The van der Waals surface area contributed by atoms with Gasteiger partial charge in [0.25, 0.3) is 0 Å². The van der Waals surface area contributed by atoms with E-state index in [0.717, 1.165) is 22.8 Å². The fourth-order valence-corrected chi connectivity index (χ4v) is 1.96. The number of hydrogen-bond donors (Lipinski definition) is 1. The number of pyridine rings is 1. The Hall–Kier alpha value is -2.39. The molecule has 6 heteroatoms. The second-order valence-corrected chi connectivity index (χ2v) is 4.49. The zero-order valence-corrected chi connectivity index (χ0v) is 11.8. The summed E-state index contributed by atoms with van der Waals surface area (Å²) in [5.74, 6) is 0. The first kappa shape index (κ1) is 14.0. The minimum absolute atomic E-state index is 0.556. The van der Waals surface area contributed by atoms with E-state index in [9.17, 15) is 5.26 Å². The van der Waals surface area contributed by atoms with Gasteiger partial charge in [0.05, 0.1) is 42.0 Å². The van der Waals surface area contributed by atoms with Crippen molar-refractivity contribution in [1.29, 1.82) is 5.26 Å². The van der Waals surface area contributed by atoms with E-state index in [1.54, 1.807) is 18.0 Å². The van der Waals surface area contributed by atoms with Crippen LogP contribution in [0.2, 0.25) is 0 Å². The predicted octanol–water partition coefficient (Wildman–Crippen LogP) is 2.16. The molecule has 0 unspecified atom stereocenters. The van der Waals surface area contributed by atoms with Crippen LogP contribution in [0.4, 0.5) is 11.4 Å². The highest BCUT2D eigenvalue weighted by atomic mass is 16.5. The maximum Gasteiger partial charge on any atom is 0.103 e. The van der Waals surface area contributed by atoms with Gasteiger partial charge >= 0.3 is 0 Å². The third-order valence-electron chi connectivity index (χ3n) is 2.88. The Balaban J connectivity index is 2.22. The van der Waals surface area contributed by atoms with Crippen molar-refractivity contribution in [2.24, 2.45) is 0 Å². The van der Waals surface area contributed by atoms with Gasteiger partial charge in [-0.25, -0.2) is 0 Å². The fraction of sp³-hybridized carbons (Fsp3) is 0.357. The van der Waals surface area contributed by atoms with Gasteiger partial charge in [-0.05, 0) is 19.9 Å². The molecule has 0 fully saturated rings. The molecule has 2 aromatic rings. The van der Waals surface area contributed by atoms with Crippen molar-refractivity contribution >= 4 is 11.4 Å². The number of nitrogens with zero attached hydrogens (tertiary/aromatic N) is 4. The minimum Gasteiger partial charge on any atom is -0.383 e. The van der Waals surface area contributed by atoms with Gasteiger partial charge in [0.2, 0.25) is 0 Å². The lowest BCUT2D eigenvalue weighted by Gasteiger charge is -2.09. The highest BCUT2D eigenvalue weighted by Gasteiger charge is 2.09. The monoisotopic (exact) mass is 271 g/mol. The standard InChI is InChI=1S/C14H17N5O/c1-10-6-14(13(7-15)11(2)17-10)18-12-8-16-19(9-12)4-5-20-3/h6,8-9H,4-5H2,1-3H3,(H,17,18). The molecule has 0 aliphatic carbocycles. The molecule has 0 radical (unpaired) electrons. The molecule has 0 aliphatic heterocycles. The first-order valence-corrected chi connectivity index (χ1v) is 6.31. The summed E-state index contributed by atoms with van der Waals surface area (Å²) < 4.78 is 6.80. The van der Waals surface area contributed by atoms with Gasteiger partial charge < -0.3 is 10.1 Å². The number of aromatic nitrogens is 3. The molecule has 104 valence electrons. The van der Waals surface area contributed by atoms with Crippen molar-refractivity contribution in [3.63, 3.8) is 0 Å². The number of aryl methyl sites for hydroxylation is 2. The number of nitriles is 1. The number of anilines is 2. The van der Waals surface area contributed by atoms with E-state index in [1.807, 2.05) is 26.1 Å². The van der Waals surface area contributed by atoms with Crippen molar-refractivity contribution in [1.82, 2.24) is 14.8 Å². The van der Waals surface area contributed by atoms with Crippen molar-refractivity contribution < 1.29 is 4.74 Å². The van der Waals surface area contributed by atoms with Crippen LogP contribution < -0.4 is 5.32 Å². The van der Waals surface area contributed by atoms with Gasteiger partial charge in [-0.2, -0.15) is 10.4 Å². The molecule has 2 heterocycles. The van der Waals surface area contributed by atoms with E-state index in [4.69, 9.17) is 4.74 Å². The van der Waals surface area contributed by atoms with Crippen LogP contribution in [0.15, 0.2) is 18.5 Å². The summed E-state index contributed by atoms with van der Waals surface area (Å²) in [5, 5.41) is 16.7. The zero-order chi connectivity index (χ0) is 14.5. The Kier molecular flexibility index (Phi) is 4.33. The smallest absolute Gasteiger partial charge is 0.103 e. The second-order valence-electron chi connectivity index (χ2n) is 4.49. The quantitative estimate of drug-likeness (QED) is 0.901. The van der Waals surface area contributed by atoms with E-state index in [2.05, 4.69) is 21.5 Å². The van der Waals surface area contributed by atoms with Crippen LogP contribution in [-0.2, 0) is 11.3 Å². The zero-order valence-electron chi connectivity index (χ0n) is 11.8. The average Bonchev–Trinajstić information content (AvgIpc) is 2.83. The molecule has 1 N–H and O–H groups in total. The lowest BCUT2D eigenvalue weighted by atomic mass is 10.1. The Morgan fingerprint density at radius 3 is 2.95 bits per heavy atom. The molecule has 0 saturated heterocycles. The normalized spacial score (nSPS) is 10.3. The van der Waals surface area contributed by atoms with Crippen LogP contribution in [0.5, 0.6) is 0 Å². The van der Waals surface area contributed by atoms with E-state index >= 15 is 0 Å². The Labute approximate surface area is 118 Å². The lowest BCUT2D eigenvalue weighted by molar-refractivity contribution is 0.183. The van der Waals surface area contributed by atoms with Gasteiger partial charge in [0.1, 0.15) is 6.07 Å². The summed E-state index contributed by atoms with van der Waals surface area (Å²) in [6.45, 7) is 5.04. The topological polar surface area (TPSA) is 75.8 Å². The molecule has 0 amide bonds. The highest BCUT2D eigenvalue weighted by Crippen LogP contribution is 2.22. The van der Waals surface area contributed by atoms with Crippen molar-refractivity contribution in [3.8, 4) is 6.07 Å². The number of hydrogen-bond acceptors (Lipinski definition) is 5. The van der Waals surface area contributed by atoms with Crippen LogP contribution in [0, 0.1) is 25.2 Å². The Morgan fingerprint density at radius 2 is 2.25 bits per heavy atom. The van der Waals surface area contributed by atoms with Crippen LogP contribution in [0.3, 0.4) is 0 Å². The predicted molar refractivity (Wildman–Crippen MR) is 75.8 cm³/mol. The number of ether oxygens (including phenoxy) is 1. The number of methoxy groups -OCH3 is 1. The van der Waals surface area contributed by atoms with Gasteiger partial charge in [-0.3, -0.25) is 9.67 Å². The van der Waals surface area contributed by atoms with Crippen LogP contribution >= 0.6 is 0 Å². The van der Waals surface area contributed by atoms with Crippen molar-refractivity contribution in [3.05, 3.63) is 35.4 Å². The van der Waals surface area contributed by atoms with Crippen molar-refractivity contribution in [2.75, 3.05) is 19.0 Å². The lowest BCUT2D eigenvalue weighted by Crippen LogP contribution is -2.04. The molecule has 0 spiro atoms. The first-order chi connectivity index (χ1) is 9.63. The molecule has 0 atom stereocenters. The van der Waals surface area contributed by atoms with Gasteiger partial charge in [0, 0.05) is 19.0 Å². The van der Waals surface area contributed by atoms with Gasteiger partial charge in [0.15, 0.2) is 0 Å². The minimum atomic E-state index is 0.556.